The van der Waals surface area contributed by atoms with Gasteiger partial charge in [0.15, 0.2) is 0 Å². The molecule has 2 aromatic carbocycles. The smallest absolute Gasteiger partial charge is 0.416 e. The van der Waals surface area contributed by atoms with Gasteiger partial charge in [-0.25, -0.2) is 14.2 Å². The Kier molecular flexibility index (Phi) is 7.54. The quantitative estimate of drug-likeness (QED) is 0.338. The number of amides is 2. The van der Waals surface area contributed by atoms with Crippen LogP contribution in [0.3, 0.4) is 0 Å². The van der Waals surface area contributed by atoms with Crippen molar-refractivity contribution in [3.05, 3.63) is 65.2 Å². The zero-order valence-electron chi connectivity index (χ0n) is 21.4. The molecule has 0 aliphatic carbocycles. The summed E-state index contributed by atoms with van der Waals surface area (Å²) in [5.74, 6) is -0.374. The second-order valence-corrected chi connectivity index (χ2v) is 9.17. The summed E-state index contributed by atoms with van der Waals surface area (Å²) in [5, 5.41) is 4.62. The van der Waals surface area contributed by atoms with Crippen molar-refractivity contribution in [2.75, 3.05) is 56.1 Å². The van der Waals surface area contributed by atoms with Crippen molar-refractivity contribution < 1.29 is 31.8 Å². The molecule has 3 heterocycles. The van der Waals surface area contributed by atoms with Gasteiger partial charge >= 0.3 is 12.2 Å². The molecule has 2 aliphatic rings. The van der Waals surface area contributed by atoms with Crippen LogP contribution in [-0.2, 0) is 17.5 Å². The number of benzene rings is 2. The summed E-state index contributed by atoms with van der Waals surface area (Å²) in [5.41, 5.74) is 11.2. The Labute approximate surface area is 226 Å². The molecule has 10 nitrogen and oxygen atoms in total. The molecule has 40 heavy (non-hydrogen) atoms. The molecule has 5 rings (SSSR count). The average molecular weight is 562 g/mol. The highest BCUT2D eigenvalue weighted by Gasteiger charge is 2.31. The van der Waals surface area contributed by atoms with Crippen LogP contribution in [0.25, 0.3) is 11.1 Å². The molecule has 3 aromatic rings. The van der Waals surface area contributed by atoms with Crippen molar-refractivity contribution in [3.63, 3.8) is 0 Å². The highest BCUT2D eigenvalue weighted by atomic mass is 19.4. The lowest BCUT2D eigenvalue weighted by atomic mass is 10.0. The van der Waals surface area contributed by atoms with Crippen LogP contribution in [0.4, 0.5) is 33.7 Å². The number of ether oxygens (including phenoxy) is 2. The molecule has 0 saturated carbocycles. The van der Waals surface area contributed by atoms with E-state index >= 15 is 0 Å². The fourth-order valence-electron chi connectivity index (χ4n) is 4.62. The van der Waals surface area contributed by atoms with Gasteiger partial charge in [0.25, 0.3) is 0 Å². The first kappa shape index (κ1) is 27.3. The van der Waals surface area contributed by atoms with Crippen molar-refractivity contribution in [1.29, 1.82) is 0 Å². The van der Waals surface area contributed by atoms with E-state index in [0.29, 0.717) is 56.2 Å². The summed E-state index contributed by atoms with van der Waals surface area (Å²) >= 11 is 0. The van der Waals surface area contributed by atoms with Crippen LogP contribution < -0.4 is 26.5 Å². The molecular formula is C26H27F4N7O3. The molecule has 0 bridgehead atoms. The Morgan fingerprint density at radius 1 is 1.12 bits per heavy atom. The fourth-order valence-corrected chi connectivity index (χ4v) is 4.62. The number of halogens is 4. The van der Waals surface area contributed by atoms with Crippen molar-refractivity contribution in [1.82, 2.24) is 9.58 Å². The maximum Gasteiger partial charge on any atom is 0.416 e. The maximum absolute atomic E-state index is 14.1. The summed E-state index contributed by atoms with van der Waals surface area (Å²) in [6, 6.07) is 7.83. The molecule has 0 spiro atoms. The summed E-state index contributed by atoms with van der Waals surface area (Å²) in [7, 11) is 1.41. The number of hydrogen-bond donors (Lipinski definition) is 4. The highest BCUT2D eigenvalue weighted by Crippen LogP contribution is 2.35. The predicted octanol–water partition coefficient (Wildman–Crippen LogP) is 4.02. The van der Waals surface area contributed by atoms with E-state index in [1.54, 1.807) is 18.2 Å². The number of morpholine rings is 1. The molecule has 5 N–H and O–H groups in total. The van der Waals surface area contributed by atoms with E-state index in [1.807, 2.05) is 10.7 Å². The van der Waals surface area contributed by atoms with Crippen molar-refractivity contribution in [2.24, 2.45) is 10.7 Å². The number of rotatable bonds is 6. The number of methoxy groups -OCH3 is 1. The number of amidine groups is 1. The second-order valence-electron chi connectivity index (χ2n) is 9.17. The molecular weight excluding hydrogens is 534 g/mol. The predicted molar refractivity (Wildman–Crippen MR) is 142 cm³/mol. The van der Waals surface area contributed by atoms with Gasteiger partial charge in [0, 0.05) is 25.2 Å². The minimum absolute atomic E-state index is 0.220. The van der Waals surface area contributed by atoms with Gasteiger partial charge in [0.2, 0.25) is 0 Å². The van der Waals surface area contributed by atoms with E-state index in [-0.39, 0.29) is 11.4 Å². The lowest BCUT2D eigenvalue weighted by Gasteiger charge is -2.27. The third kappa shape index (κ3) is 5.67. The number of nitrogens with one attached hydrogen (secondary N) is 3. The van der Waals surface area contributed by atoms with Gasteiger partial charge in [0.1, 0.15) is 29.8 Å². The maximum atomic E-state index is 14.1. The van der Waals surface area contributed by atoms with E-state index in [2.05, 4.69) is 26.0 Å². The number of fused-ring (bicyclic) bond motifs is 1. The van der Waals surface area contributed by atoms with Gasteiger partial charge in [-0.15, -0.1) is 0 Å². The van der Waals surface area contributed by atoms with Gasteiger partial charge < -0.3 is 31.3 Å². The summed E-state index contributed by atoms with van der Waals surface area (Å²) < 4.78 is 66.0. The van der Waals surface area contributed by atoms with Crippen LogP contribution in [-0.4, -0.2) is 61.5 Å². The number of carbonyl (C=O) groups excluding carboxylic acids is 1. The molecule has 14 heteroatoms. The Balaban J connectivity index is 1.39. The molecule has 0 radical (unpaired) electrons. The highest BCUT2D eigenvalue weighted by molar-refractivity contribution is 6.04. The van der Waals surface area contributed by atoms with Crippen LogP contribution in [0.2, 0.25) is 0 Å². The summed E-state index contributed by atoms with van der Waals surface area (Å²) in [6.45, 7) is 3.94. The first-order valence-corrected chi connectivity index (χ1v) is 12.4. The fraction of sp³-hybridized carbons (Fsp3) is 0.308. The first-order chi connectivity index (χ1) is 19.1. The molecule has 1 aromatic heterocycles. The lowest BCUT2D eigenvalue weighted by Crippen LogP contribution is -2.38. The van der Waals surface area contributed by atoms with Gasteiger partial charge in [0.05, 0.1) is 43.0 Å². The third-order valence-electron chi connectivity index (χ3n) is 6.59. The van der Waals surface area contributed by atoms with Gasteiger partial charge in [-0.05, 0) is 42.0 Å². The summed E-state index contributed by atoms with van der Waals surface area (Å²) in [6.07, 6.45) is -4.69. The zero-order chi connectivity index (χ0) is 28.4. The van der Waals surface area contributed by atoms with Crippen LogP contribution in [0.5, 0.6) is 5.75 Å². The standard InChI is InChI=1S/C26H27F4N7O3/c1-39-22-10-15(2-5-20(22)34-25(38)35-21-11-16(26(28,29)30)3-4-19(21)27)18-12-17(13-36-6-8-40-9-7-36)37-23(18)24(31)32-14-33-37/h2-5,10-12,33H,6-9,13-14H2,1H3,(H2,31,32)(H2,34,35,38). The number of hydrogen-bond acceptors (Lipinski definition) is 7. The number of nitrogens with two attached hydrogens (primary N) is 1. The third-order valence-corrected chi connectivity index (χ3v) is 6.59. The van der Waals surface area contributed by atoms with E-state index in [0.717, 1.165) is 29.9 Å². The van der Waals surface area contributed by atoms with E-state index in [1.165, 1.54) is 7.11 Å². The molecule has 0 atom stereocenters. The number of aromatic nitrogens is 1. The second kappa shape index (κ2) is 11.1. The number of anilines is 2. The number of aliphatic imine (C=N–C) groups is 1. The lowest BCUT2D eigenvalue weighted by molar-refractivity contribution is -0.137. The number of nitrogens with zero attached hydrogens (tertiary/aromatic N) is 3. The molecule has 1 fully saturated rings. The molecule has 2 amide bonds. The molecule has 212 valence electrons. The number of urea groups is 1. The Morgan fingerprint density at radius 3 is 2.60 bits per heavy atom. The monoisotopic (exact) mass is 561 g/mol. The Hall–Kier alpha value is -4.30. The molecule has 1 saturated heterocycles. The minimum Gasteiger partial charge on any atom is -0.495 e. The van der Waals surface area contributed by atoms with Gasteiger partial charge in [-0.2, -0.15) is 13.2 Å². The SMILES string of the molecule is COc1cc(-c2cc(CN3CCOCC3)n3c2C(N)=NCN3)ccc1NC(=O)Nc1cc(C(F)(F)F)ccc1F. The van der Waals surface area contributed by atoms with Crippen molar-refractivity contribution in [3.8, 4) is 16.9 Å². The Morgan fingerprint density at radius 2 is 1.88 bits per heavy atom. The van der Waals surface area contributed by atoms with Crippen LogP contribution in [0, 0.1) is 5.82 Å². The van der Waals surface area contributed by atoms with Gasteiger partial charge in [-0.3, -0.25) is 9.58 Å². The van der Waals surface area contributed by atoms with Crippen molar-refractivity contribution in [2.45, 2.75) is 12.7 Å². The van der Waals surface area contributed by atoms with E-state index < -0.39 is 29.3 Å². The van der Waals surface area contributed by atoms with Crippen LogP contribution in [0.15, 0.2) is 47.5 Å². The number of carbonyl (C=O) groups is 1. The van der Waals surface area contributed by atoms with Crippen molar-refractivity contribution >= 4 is 23.2 Å². The minimum atomic E-state index is -4.69. The zero-order valence-corrected chi connectivity index (χ0v) is 21.4. The van der Waals surface area contributed by atoms with Gasteiger partial charge in [-0.1, -0.05) is 6.07 Å². The summed E-state index contributed by atoms with van der Waals surface area (Å²) in [4.78, 5) is 19.2. The average Bonchev–Trinajstić information content (AvgIpc) is 3.29. The van der Waals surface area contributed by atoms with E-state index in [4.69, 9.17) is 15.2 Å². The van der Waals surface area contributed by atoms with E-state index in [9.17, 15) is 22.4 Å². The molecule has 2 aliphatic heterocycles. The van der Waals surface area contributed by atoms with Crippen LogP contribution in [0.1, 0.15) is 17.0 Å². The largest absolute Gasteiger partial charge is 0.495 e. The number of alkyl halides is 3. The first-order valence-electron chi connectivity index (χ1n) is 12.4. The topological polar surface area (TPSA) is 118 Å². The normalized spacial score (nSPS) is 15.6. The molecule has 0 unspecified atom stereocenters. The van der Waals surface area contributed by atoms with Crippen LogP contribution >= 0.6 is 0 Å². The Bertz CT molecular complexity index is 1450.